The Morgan fingerprint density at radius 2 is 1.69 bits per heavy atom. The lowest BCUT2D eigenvalue weighted by atomic mass is 9.93. The molecule has 0 bridgehead atoms. The molecule has 1 rings (SSSR count). The van der Waals surface area contributed by atoms with Crippen molar-refractivity contribution in [1.82, 2.24) is 0 Å². The average molecular weight is 218 g/mol. The molecule has 88 valence electrons. The van der Waals surface area contributed by atoms with E-state index in [1.807, 2.05) is 30.3 Å². The van der Waals surface area contributed by atoms with Gasteiger partial charge in [0, 0.05) is 12.0 Å². The second-order valence-corrected chi connectivity index (χ2v) is 5.07. The highest BCUT2D eigenvalue weighted by molar-refractivity contribution is 5.96. The van der Waals surface area contributed by atoms with Gasteiger partial charge in [0.1, 0.15) is 0 Å². The van der Waals surface area contributed by atoms with Crippen LogP contribution in [0.5, 0.6) is 0 Å². The van der Waals surface area contributed by atoms with Crippen LogP contribution in [0, 0.1) is 11.8 Å². The maximum atomic E-state index is 11.9. The third-order valence-corrected chi connectivity index (χ3v) is 2.87. The van der Waals surface area contributed by atoms with E-state index in [4.69, 9.17) is 0 Å². The van der Waals surface area contributed by atoms with Gasteiger partial charge in [-0.15, -0.1) is 0 Å². The van der Waals surface area contributed by atoms with Crippen LogP contribution < -0.4 is 0 Å². The van der Waals surface area contributed by atoms with Crippen molar-refractivity contribution >= 4 is 5.78 Å². The van der Waals surface area contributed by atoms with Crippen molar-refractivity contribution in [2.45, 2.75) is 40.0 Å². The van der Waals surface area contributed by atoms with Crippen LogP contribution in [0.3, 0.4) is 0 Å². The summed E-state index contributed by atoms with van der Waals surface area (Å²) in [7, 11) is 0. The quantitative estimate of drug-likeness (QED) is 0.649. The summed E-state index contributed by atoms with van der Waals surface area (Å²) >= 11 is 0. The van der Waals surface area contributed by atoms with Gasteiger partial charge in [0.15, 0.2) is 5.78 Å². The molecular formula is C15H22O. The molecule has 1 nitrogen and oxygen atoms in total. The normalized spacial score (nSPS) is 12.8. The molecule has 0 aliphatic carbocycles. The predicted molar refractivity (Wildman–Crippen MR) is 68.6 cm³/mol. The van der Waals surface area contributed by atoms with Crippen molar-refractivity contribution in [3.63, 3.8) is 0 Å². The topological polar surface area (TPSA) is 17.1 Å². The first kappa shape index (κ1) is 13.0. The third-order valence-electron chi connectivity index (χ3n) is 2.87. The fourth-order valence-electron chi connectivity index (χ4n) is 1.78. The standard InChI is InChI=1S/C15H22O/c1-12(2)9-10-13(3)11-15(16)14-7-5-4-6-8-14/h4-8,12-13H,9-11H2,1-3H3. The SMILES string of the molecule is CC(C)CCC(C)CC(=O)c1ccccc1. The van der Waals surface area contributed by atoms with E-state index in [2.05, 4.69) is 20.8 Å². The molecule has 0 amide bonds. The summed E-state index contributed by atoms with van der Waals surface area (Å²) in [6.45, 7) is 6.63. The minimum atomic E-state index is 0.275. The van der Waals surface area contributed by atoms with Crippen LogP contribution in [-0.4, -0.2) is 5.78 Å². The molecule has 1 unspecified atom stereocenters. The monoisotopic (exact) mass is 218 g/mol. The van der Waals surface area contributed by atoms with Crippen molar-refractivity contribution in [3.8, 4) is 0 Å². The van der Waals surface area contributed by atoms with E-state index in [0.717, 1.165) is 17.9 Å². The molecule has 0 saturated heterocycles. The summed E-state index contributed by atoms with van der Waals surface area (Å²) in [5.74, 6) is 1.50. The number of ketones is 1. The van der Waals surface area contributed by atoms with Gasteiger partial charge >= 0.3 is 0 Å². The molecule has 0 radical (unpaired) electrons. The predicted octanol–water partition coefficient (Wildman–Crippen LogP) is 4.33. The van der Waals surface area contributed by atoms with Crippen molar-refractivity contribution in [1.29, 1.82) is 0 Å². The highest BCUT2D eigenvalue weighted by Crippen LogP contribution is 2.17. The lowest BCUT2D eigenvalue weighted by molar-refractivity contribution is 0.0961. The van der Waals surface area contributed by atoms with Gasteiger partial charge < -0.3 is 0 Å². The molecule has 0 aliphatic rings. The number of hydrogen-bond acceptors (Lipinski definition) is 1. The zero-order valence-corrected chi connectivity index (χ0v) is 10.6. The maximum absolute atomic E-state index is 11.9. The van der Waals surface area contributed by atoms with E-state index in [9.17, 15) is 4.79 Å². The van der Waals surface area contributed by atoms with E-state index < -0.39 is 0 Å². The molecule has 0 saturated carbocycles. The van der Waals surface area contributed by atoms with Crippen LogP contribution in [-0.2, 0) is 0 Å². The fraction of sp³-hybridized carbons (Fsp3) is 0.533. The Morgan fingerprint density at radius 3 is 2.25 bits per heavy atom. The molecule has 1 atom stereocenters. The highest BCUT2D eigenvalue weighted by atomic mass is 16.1. The number of carbonyl (C=O) groups is 1. The average Bonchev–Trinajstić information content (AvgIpc) is 2.27. The summed E-state index contributed by atoms with van der Waals surface area (Å²) in [6.07, 6.45) is 3.04. The molecule has 16 heavy (non-hydrogen) atoms. The Kier molecular flexibility index (Phi) is 5.24. The second kappa shape index (κ2) is 6.47. The zero-order valence-electron chi connectivity index (χ0n) is 10.6. The third kappa shape index (κ3) is 4.61. The summed E-state index contributed by atoms with van der Waals surface area (Å²) in [4.78, 5) is 11.9. The maximum Gasteiger partial charge on any atom is 0.163 e. The molecule has 1 aromatic carbocycles. The smallest absolute Gasteiger partial charge is 0.163 e. The zero-order chi connectivity index (χ0) is 12.0. The first-order valence-corrected chi connectivity index (χ1v) is 6.18. The summed E-state index contributed by atoms with van der Waals surface area (Å²) < 4.78 is 0. The Bertz CT molecular complexity index is 313. The van der Waals surface area contributed by atoms with Gasteiger partial charge in [-0.1, -0.05) is 63.9 Å². The minimum Gasteiger partial charge on any atom is -0.294 e. The van der Waals surface area contributed by atoms with E-state index in [-0.39, 0.29) is 5.78 Å². The fourth-order valence-corrected chi connectivity index (χ4v) is 1.78. The number of benzene rings is 1. The number of rotatable bonds is 6. The van der Waals surface area contributed by atoms with Gasteiger partial charge in [-0.2, -0.15) is 0 Å². The van der Waals surface area contributed by atoms with Gasteiger partial charge in [-0.3, -0.25) is 4.79 Å². The highest BCUT2D eigenvalue weighted by Gasteiger charge is 2.11. The van der Waals surface area contributed by atoms with Gasteiger partial charge in [-0.25, -0.2) is 0 Å². The van der Waals surface area contributed by atoms with E-state index in [0.29, 0.717) is 12.3 Å². The molecular weight excluding hydrogens is 196 g/mol. The van der Waals surface area contributed by atoms with Crippen molar-refractivity contribution < 1.29 is 4.79 Å². The minimum absolute atomic E-state index is 0.275. The van der Waals surface area contributed by atoms with Crippen molar-refractivity contribution in [2.24, 2.45) is 11.8 Å². The first-order valence-electron chi connectivity index (χ1n) is 6.18. The molecule has 0 aliphatic heterocycles. The van der Waals surface area contributed by atoms with Crippen LogP contribution in [0.4, 0.5) is 0 Å². The number of carbonyl (C=O) groups excluding carboxylic acids is 1. The van der Waals surface area contributed by atoms with Crippen LogP contribution in [0.25, 0.3) is 0 Å². The van der Waals surface area contributed by atoms with E-state index in [1.54, 1.807) is 0 Å². The van der Waals surface area contributed by atoms with Gasteiger partial charge in [0.2, 0.25) is 0 Å². The van der Waals surface area contributed by atoms with Crippen LogP contribution in [0.2, 0.25) is 0 Å². The molecule has 0 aromatic heterocycles. The summed E-state index contributed by atoms with van der Waals surface area (Å²) in [5.41, 5.74) is 0.846. The first-order chi connectivity index (χ1) is 7.59. The second-order valence-electron chi connectivity index (χ2n) is 5.07. The van der Waals surface area contributed by atoms with Crippen molar-refractivity contribution in [2.75, 3.05) is 0 Å². The van der Waals surface area contributed by atoms with Gasteiger partial charge in [0.05, 0.1) is 0 Å². The number of hydrogen-bond donors (Lipinski definition) is 0. The molecule has 0 heterocycles. The van der Waals surface area contributed by atoms with Gasteiger partial charge in [-0.05, 0) is 11.8 Å². The van der Waals surface area contributed by atoms with E-state index in [1.165, 1.54) is 6.42 Å². The lowest BCUT2D eigenvalue weighted by Gasteiger charge is -2.12. The molecule has 0 fully saturated rings. The molecule has 0 spiro atoms. The van der Waals surface area contributed by atoms with Gasteiger partial charge in [0.25, 0.3) is 0 Å². The molecule has 1 aromatic rings. The van der Waals surface area contributed by atoms with Crippen molar-refractivity contribution in [3.05, 3.63) is 35.9 Å². The van der Waals surface area contributed by atoms with Crippen LogP contribution in [0.1, 0.15) is 50.4 Å². The number of Topliss-reactive ketones (excluding diaryl/α,β-unsaturated/α-hetero) is 1. The Balaban J connectivity index is 2.40. The Hall–Kier alpha value is -1.11. The lowest BCUT2D eigenvalue weighted by Crippen LogP contribution is -2.07. The Labute approximate surface area is 98.9 Å². The van der Waals surface area contributed by atoms with Crippen LogP contribution >= 0.6 is 0 Å². The van der Waals surface area contributed by atoms with E-state index >= 15 is 0 Å². The summed E-state index contributed by atoms with van der Waals surface area (Å²) in [6, 6.07) is 9.59. The summed E-state index contributed by atoms with van der Waals surface area (Å²) in [5, 5.41) is 0. The molecule has 0 N–H and O–H groups in total. The van der Waals surface area contributed by atoms with Crippen LogP contribution in [0.15, 0.2) is 30.3 Å². The Morgan fingerprint density at radius 1 is 1.06 bits per heavy atom. The largest absolute Gasteiger partial charge is 0.294 e. The molecule has 1 heteroatoms.